The summed E-state index contributed by atoms with van der Waals surface area (Å²) in [5.41, 5.74) is 0.789. The smallest absolute Gasteiger partial charge is 0.341 e. The molecule has 4 nitrogen and oxygen atoms in total. The molecule has 0 aliphatic rings. The van der Waals surface area contributed by atoms with Crippen molar-refractivity contribution in [3.05, 3.63) is 82.5 Å². The lowest BCUT2D eigenvalue weighted by Crippen LogP contribution is -2.17. The number of ketones is 1. The molecule has 0 saturated heterocycles. The summed E-state index contributed by atoms with van der Waals surface area (Å²) in [5.74, 6) is -1.93. The summed E-state index contributed by atoms with van der Waals surface area (Å²) in [6, 6.07) is 15.8. The Kier molecular flexibility index (Phi) is 5.33. The fourth-order valence-corrected chi connectivity index (χ4v) is 2.10. The molecular formula is C17H14ClNO3. The summed E-state index contributed by atoms with van der Waals surface area (Å²) in [6.07, 6.45) is 1.21. The number of Topliss-reactive ketones (excluding diaryl/α,β-unsaturated/α-hetero) is 1. The first kappa shape index (κ1) is 15.8. The molecule has 0 atom stereocenters. The molecule has 0 radical (unpaired) electrons. The lowest BCUT2D eigenvalue weighted by atomic mass is 10.0. The number of carboxylic acid groups (broad SMARTS) is 1. The van der Waals surface area contributed by atoms with Gasteiger partial charge in [0.05, 0.1) is 5.02 Å². The highest BCUT2D eigenvalue weighted by Crippen LogP contribution is 2.18. The number of nitrogens with one attached hydrogen (secondary N) is 1. The highest BCUT2D eigenvalue weighted by Gasteiger charge is 2.20. The van der Waals surface area contributed by atoms with Gasteiger partial charge in [-0.15, -0.1) is 0 Å². The number of carbonyl (C=O) groups is 2. The Morgan fingerprint density at radius 1 is 1.05 bits per heavy atom. The number of carboxylic acids is 1. The molecule has 0 aliphatic carbocycles. The summed E-state index contributed by atoms with van der Waals surface area (Å²) in [6.45, 7) is 0.424. The largest absolute Gasteiger partial charge is 0.477 e. The van der Waals surface area contributed by atoms with Crippen LogP contribution in [0.1, 0.15) is 15.9 Å². The van der Waals surface area contributed by atoms with Crippen LogP contribution in [-0.4, -0.2) is 16.9 Å². The van der Waals surface area contributed by atoms with Crippen LogP contribution >= 0.6 is 11.6 Å². The Labute approximate surface area is 133 Å². The van der Waals surface area contributed by atoms with Gasteiger partial charge in [0.15, 0.2) is 0 Å². The highest BCUT2D eigenvalue weighted by molar-refractivity contribution is 6.36. The van der Waals surface area contributed by atoms with Crippen molar-refractivity contribution >= 4 is 23.4 Å². The van der Waals surface area contributed by atoms with Crippen molar-refractivity contribution in [1.29, 1.82) is 0 Å². The third-order valence-corrected chi connectivity index (χ3v) is 3.32. The molecule has 2 N–H and O–H groups in total. The van der Waals surface area contributed by atoms with Crippen LogP contribution in [0.2, 0.25) is 5.02 Å². The molecule has 0 unspecified atom stereocenters. The zero-order valence-corrected chi connectivity index (χ0v) is 12.4. The molecule has 0 aliphatic heterocycles. The third kappa shape index (κ3) is 3.96. The summed E-state index contributed by atoms with van der Waals surface area (Å²) in [7, 11) is 0. The van der Waals surface area contributed by atoms with Gasteiger partial charge in [0.1, 0.15) is 5.57 Å². The minimum Gasteiger partial charge on any atom is -0.477 e. The van der Waals surface area contributed by atoms with Crippen LogP contribution in [0.25, 0.3) is 0 Å². The second-order valence-electron chi connectivity index (χ2n) is 4.54. The Balaban J connectivity index is 2.16. The molecule has 0 saturated carbocycles. The third-order valence-electron chi connectivity index (χ3n) is 2.99. The van der Waals surface area contributed by atoms with Gasteiger partial charge in [0, 0.05) is 18.3 Å². The van der Waals surface area contributed by atoms with Crippen LogP contribution in [0.4, 0.5) is 0 Å². The standard InChI is InChI=1S/C17H14ClNO3/c18-15-9-5-4-8-13(15)16(20)14(17(21)22)11-19-10-12-6-2-1-3-7-12/h1-9,11,19H,10H2,(H,21,22). The molecule has 0 spiro atoms. The van der Waals surface area contributed by atoms with Crippen molar-refractivity contribution < 1.29 is 14.7 Å². The van der Waals surface area contributed by atoms with Crippen molar-refractivity contribution in [2.24, 2.45) is 0 Å². The van der Waals surface area contributed by atoms with Crippen LogP contribution in [-0.2, 0) is 11.3 Å². The maximum atomic E-state index is 12.3. The van der Waals surface area contributed by atoms with Gasteiger partial charge < -0.3 is 10.4 Å². The summed E-state index contributed by atoms with van der Waals surface area (Å²) >= 11 is 5.94. The Morgan fingerprint density at radius 3 is 2.32 bits per heavy atom. The monoisotopic (exact) mass is 315 g/mol. The van der Waals surface area contributed by atoms with Gasteiger partial charge in [-0.2, -0.15) is 0 Å². The molecule has 5 heteroatoms. The van der Waals surface area contributed by atoms with Gasteiger partial charge >= 0.3 is 5.97 Å². The number of halogens is 1. The fourth-order valence-electron chi connectivity index (χ4n) is 1.88. The van der Waals surface area contributed by atoms with Gasteiger partial charge in [-0.3, -0.25) is 4.79 Å². The number of hydrogen-bond acceptors (Lipinski definition) is 3. The lowest BCUT2D eigenvalue weighted by Gasteiger charge is -2.06. The first-order valence-electron chi connectivity index (χ1n) is 6.59. The first-order valence-corrected chi connectivity index (χ1v) is 6.97. The summed E-state index contributed by atoms with van der Waals surface area (Å²) in [4.78, 5) is 23.6. The topological polar surface area (TPSA) is 66.4 Å². The second-order valence-corrected chi connectivity index (χ2v) is 4.95. The van der Waals surface area contributed by atoms with Crippen molar-refractivity contribution in [3.8, 4) is 0 Å². The van der Waals surface area contributed by atoms with Crippen LogP contribution in [0.3, 0.4) is 0 Å². The van der Waals surface area contributed by atoms with Crippen molar-refractivity contribution in [2.75, 3.05) is 0 Å². The van der Waals surface area contributed by atoms with Gasteiger partial charge in [0.2, 0.25) is 5.78 Å². The van der Waals surface area contributed by atoms with Crippen molar-refractivity contribution in [3.63, 3.8) is 0 Å². The average Bonchev–Trinajstić information content (AvgIpc) is 2.52. The van der Waals surface area contributed by atoms with E-state index >= 15 is 0 Å². The normalized spacial score (nSPS) is 11.0. The minimum atomic E-state index is -1.30. The van der Waals surface area contributed by atoms with E-state index in [-0.39, 0.29) is 16.2 Å². The van der Waals surface area contributed by atoms with Crippen molar-refractivity contribution in [2.45, 2.75) is 6.54 Å². The number of aliphatic carboxylic acids is 1. The Hall–Kier alpha value is -2.59. The van der Waals surface area contributed by atoms with E-state index in [0.29, 0.717) is 6.54 Å². The Morgan fingerprint density at radius 2 is 1.68 bits per heavy atom. The molecule has 2 rings (SSSR count). The maximum absolute atomic E-state index is 12.3. The molecule has 0 aromatic heterocycles. The van der Waals surface area contributed by atoms with Crippen LogP contribution in [0, 0.1) is 0 Å². The zero-order chi connectivity index (χ0) is 15.9. The quantitative estimate of drug-likeness (QED) is 0.371. The van der Waals surface area contributed by atoms with Gasteiger partial charge in [-0.25, -0.2) is 4.79 Å². The first-order chi connectivity index (χ1) is 10.6. The van der Waals surface area contributed by atoms with E-state index < -0.39 is 11.8 Å². The number of benzene rings is 2. The number of carbonyl (C=O) groups excluding carboxylic acids is 1. The number of hydrogen-bond donors (Lipinski definition) is 2. The Bertz CT molecular complexity index is 711. The van der Waals surface area contributed by atoms with Crippen LogP contribution < -0.4 is 5.32 Å². The second kappa shape index (κ2) is 7.43. The highest BCUT2D eigenvalue weighted by atomic mass is 35.5. The molecule has 0 amide bonds. The zero-order valence-electron chi connectivity index (χ0n) is 11.6. The molecule has 0 heterocycles. The summed E-state index contributed by atoms with van der Waals surface area (Å²) < 4.78 is 0. The van der Waals surface area contributed by atoms with Crippen LogP contribution in [0.15, 0.2) is 66.4 Å². The molecule has 2 aromatic carbocycles. The maximum Gasteiger partial charge on any atom is 0.341 e. The molecule has 22 heavy (non-hydrogen) atoms. The summed E-state index contributed by atoms with van der Waals surface area (Å²) in [5, 5.41) is 12.3. The minimum absolute atomic E-state index is 0.166. The predicted molar refractivity (Wildman–Crippen MR) is 84.8 cm³/mol. The van der Waals surface area contributed by atoms with E-state index in [9.17, 15) is 14.7 Å². The van der Waals surface area contributed by atoms with E-state index in [1.54, 1.807) is 18.2 Å². The van der Waals surface area contributed by atoms with Gasteiger partial charge in [-0.05, 0) is 17.7 Å². The molecule has 0 fully saturated rings. The molecule has 2 aromatic rings. The van der Waals surface area contributed by atoms with E-state index in [2.05, 4.69) is 5.32 Å². The fraction of sp³-hybridized carbons (Fsp3) is 0.0588. The average molecular weight is 316 g/mol. The molecular weight excluding hydrogens is 302 g/mol. The van der Waals surface area contributed by atoms with Gasteiger partial charge in [0.25, 0.3) is 0 Å². The van der Waals surface area contributed by atoms with E-state index in [1.165, 1.54) is 12.3 Å². The van der Waals surface area contributed by atoms with E-state index in [1.807, 2.05) is 30.3 Å². The van der Waals surface area contributed by atoms with Crippen LogP contribution in [0.5, 0.6) is 0 Å². The van der Waals surface area contributed by atoms with E-state index in [0.717, 1.165) is 5.56 Å². The molecule has 112 valence electrons. The molecule has 0 bridgehead atoms. The SMILES string of the molecule is O=C(O)C(=CNCc1ccccc1)C(=O)c1ccccc1Cl. The van der Waals surface area contributed by atoms with Crippen molar-refractivity contribution in [1.82, 2.24) is 5.32 Å². The van der Waals surface area contributed by atoms with Gasteiger partial charge in [-0.1, -0.05) is 54.1 Å². The lowest BCUT2D eigenvalue weighted by molar-refractivity contribution is -0.132. The van der Waals surface area contributed by atoms with E-state index in [4.69, 9.17) is 11.6 Å². The number of rotatable bonds is 6. The predicted octanol–water partition coefficient (Wildman–Crippen LogP) is 3.28.